The average Bonchev–Trinajstić information content (AvgIpc) is 3.12. The van der Waals surface area contributed by atoms with Crippen molar-refractivity contribution in [1.29, 1.82) is 0 Å². The van der Waals surface area contributed by atoms with E-state index in [0.29, 0.717) is 29.5 Å². The number of nitrogens with one attached hydrogen (secondary N) is 2. The third-order valence-corrected chi connectivity index (χ3v) is 7.68. The van der Waals surface area contributed by atoms with Gasteiger partial charge in [0.15, 0.2) is 5.96 Å². The average molecular weight is 525 g/mol. The van der Waals surface area contributed by atoms with E-state index >= 15 is 0 Å². The summed E-state index contributed by atoms with van der Waals surface area (Å²) in [6.07, 6.45) is 9.89. The van der Waals surface area contributed by atoms with E-state index in [1.165, 1.54) is 25.7 Å². The van der Waals surface area contributed by atoms with Crippen LogP contribution in [0.4, 0.5) is 0 Å². The summed E-state index contributed by atoms with van der Waals surface area (Å²) < 4.78 is 6.08. The minimum atomic E-state index is 0. The Morgan fingerprint density at radius 3 is 2.73 bits per heavy atom. The molecule has 2 N–H and O–H groups in total. The number of aromatic nitrogens is 1. The molecule has 30 heavy (non-hydrogen) atoms. The van der Waals surface area contributed by atoms with E-state index in [1.807, 2.05) is 12.3 Å². The largest absolute Gasteiger partial charge is 0.377 e. The number of likely N-dealkylation sites (tertiary alicyclic amines) is 1. The SMILES string of the molecule is CCN=C(NC1CCN(Cc2ccccn2)CC1)NC1C2CCOC2C12CCC2.I. The standard InChI is InChI=1S/C23H35N5O.HI/c1-2-24-22(27-20-19-9-15-29-21(19)23(20)10-5-11-23)26-17-7-13-28(14-8-17)16-18-6-3-4-12-25-18;/h3-4,6,12,17,19-21H,2,5,7-11,13-16H2,1H3,(H2,24,26,27);1H. The Bertz CT molecular complexity index is 718. The monoisotopic (exact) mass is 525 g/mol. The number of pyridine rings is 1. The molecule has 0 amide bonds. The molecule has 3 atom stereocenters. The van der Waals surface area contributed by atoms with Crippen molar-refractivity contribution in [1.82, 2.24) is 20.5 Å². The van der Waals surface area contributed by atoms with Crippen molar-refractivity contribution in [2.75, 3.05) is 26.2 Å². The van der Waals surface area contributed by atoms with Gasteiger partial charge in [0.1, 0.15) is 0 Å². The van der Waals surface area contributed by atoms with Gasteiger partial charge in [0.05, 0.1) is 11.8 Å². The maximum absolute atomic E-state index is 6.08. The van der Waals surface area contributed by atoms with Crippen LogP contribution in [0, 0.1) is 11.3 Å². The lowest BCUT2D eigenvalue weighted by atomic mass is 9.46. The summed E-state index contributed by atoms with van der Waals surface area (Å²) in [7, 11) is 0. The Kier molecular flexibility index (Phi) is 7.19. The van der Waals surface area contributed by atoms with Gasteiger partial charge in [-0.15, -0.1) is 24.0 Å². The van der Waals surface area contributed by atoms with Crippen LogP contribution in [-0.2, 0) is 11.3 Å². The number of guanidine groups is 1. The lowest BCUT2D eigenvalue weighted by Gasteiger charge is -2.63. The van der Waals surface area contributed by atoms with Crippen molar-refractivity contribution in [3.63, 3.8) is 0 Å². The summed E-state index contributed by atoms with van der Waals surface area (Å²) in [5, 5.41) is 7.61. The number of piperidine rings is 1. The Balaban J connectivity index is 0.00000218. The van der Waals surface area contributed by atoms with Crippen molar-refractivity contribution in [2.45, 2.75) is 70.2 Å². The highest BCUT2D eigenvalue weighted by molar-refractivity contribution is 14.0. The first kappa shape index (κ1) is 22.3. The van der Waals surface area contributed by atoms with E-state index < -0.39 is 0 Å². The highest BCUT2D eigenvalue weighted by Gasteiger charge is 2.66. The Morgan fingerprint density at radius 2 is 2.07 bits per heavy atom. The van der Waals surface area contributed by atoms with E-state index in [-0.39, 0.29) is 24.0 Å². The molecule has 1 aromatic rings. The molecule has 1 spiro atoms. The smallest absolute Gasteiger partial charge is 0.191 e. The van der Waals surface area contributed by atoms with Crippen LogP contribution in [0.15, 0.2) is 29.4 Å². The molecule has 2 saturated carbocycles. The summed E-state index contributed by atoms with van der Waals surface area (Å²) in [6, 6.07) is 7.23. The molecule has 2 saturated heterocycles. The minimum absolute atomic E-state index is 0. The molecule has 0 bridgehead atoms. The Labute approximate surface area is 197 Å². The van der Waals surface area contributed by atoms with E-state index in [2.05, 4.69) is 39.6 Å². The van der Waals surface area contributed by atoms with E-state index in [1.54, 1.807) is 0 Å². The van der Waals surface area contributed by atoms with Crippen LogP contribution in [-0.4, -0.2) is 60.3 Å². The lowest BCUT2D eigenvalue weighted by molar-refractivity contribution is -0.171. The molecule has 0 radical (unpaired) electrons. The predicted octanol–water partition coefficient (Wildman–Crippen LogP) is 3.18. The summed E-state index contributed by atoms with van der Waals surface area (Å²) in [5.41, 5.74) is 1.56. The summed E-state index contributed by atoms with van der Waals surface area (Å²) in [6.45, 7) is 7.06. The maximum Gasteiger partial charge on any atom is 0.191 e. The number of hydrogen-bond acceptors (Lipinski definition) is 4. The topological polar surface area (TPSA) is 61.8 Å². The van der Waals surface area contributed by atoms with Gasteiger partial charge in [-0.2, -0.15) is 0 Å². The fraction of sp³-hybridized carbons (Fsp3) is 0.739. The molecule has 6 nitrogen and oxygen atoms in total. The highest BCUT2D eigenvalue weighted by Crippen LogP contribution is 2.62. The Morgan fingerprint density at radius 1 is 1.23 bits per heavy atom. The summed E-state index contributed by atoms with van der Waals surface area (Å²) in [5.74, 6) is 1.71. The molecule has 166 valence electrons. The van der Waals surface area contributed by atoms with E-state index in [0.717, 1.165) is 57.3 Å². The molecular formula is C23H36IN5O. The van der Waals surface area contributed by atoms with Crippen LogP contribution in [0.25, 0.3) is 0 Å². The molecule has 4 aliphatic rings. The normalized spacial score (nSPS) is 30.7. The van der Waals surface area contributed by atoms with Gasteiger partial charge < -0.3 is 15.4 Å². The first-order valence-electron chi connectivity index (χ1n) is 11.6. The molecule has 2 aliphatic heterocycles. The van der Waals surface area contributed by atoms with Crippen LogP contribution in [0.1, 0.15) is 51.1 Å². The van der Waals surface area contributed by atoms with Gasteiger partial charge in [0.2, 0.25) is 0 Å². The van der Waals surface area contributed by atoms with Crippen molar-refractivity contribution in [3.8, 4) is 0 Å². The second-order valence-electron chi connectivity index (χ2n) is 9.29. The quantitative estimate of drug-likeness (QED) is 0.352. The van der Waals surface area contributed by atoms with E-state index in [4.69, 9.17) is 9.73 Å². The molecule has 0 aromatic carbocycles. The van der Waals surface area contributed by atoms with Crippen LogP contribution >= 0.6 is 24.0 Å². The first-order chi connectivity index (χ1) is 14.3. The number of hydrogen-bond donors (Lipinski definition) is 2. The van der Waals surface area contributed by atoms with Crippen LogP contribution in [0.2, 0.25) is 0 Å². The summed E-state index contributed by atoms with van der Waals surface area (Å²) in [4.78, 5) is 11.8. The molecule has 3 heterocycles. The summed E-state index contributed by atoms with van der Waals surface area (Å²) >= 11 is 0. The van der Waals surface area contributed by atoms with Crippen LogP contribution in [0.5, 0.6) is 0 Å². The second-order valence-corrected chi connectivity index (χ2v) is 9.29. The van der Waals surface area contributed by atoms with Crippen molar-refractivity contribution < 1.29 is 4.74 Å². The van der Waals surface area contributed by atoms with Crippen molar-refractivity contribution in [3.05, 3.63) is 30.1 Å². The van der Waals surface area contributed by atoms with Crippen molar-refractivity contribution >= 4 is 29.9 Å². The van der Waals surface area contributed by atoms with Gasteiger partial charge in [0, 0.05) is 62.4 Å². The number of aliphatic imine (C=N–C) groups is 1. The molecule has 2 aliphatic carbocycles. The number of nitrogens with zero attached hydrogens (tertiary/aromatic N) is 3. The molecule has 5 rings (SSSR count). The maximum atomic E-state index is 6.08. The fourth-order valence-corrected chi connectivity index (χ4v) is 6.04. The third-order valence-electron chi connectivity index (χ3n) is 7.68. The minimum Gasteiger partial charge on any atom is -0.377 e. The van der Waals surface area contributed by atoms with Gasteiger partial charge in [-0.25, -0.2) is 0 Å². The van der Waals surface area contributed by atoms with Gasteiger partial charge in [-0.1, -0.05) is 12.5 Å². The molecule has 4 fully saturated rings. The van der Waals surface area contributed by atoms with Gasteiger partial charge in [0.25, 0.3) is 0 Å². The van der Waals surface area contributed by atoms with Gasteiger partial charge in [-0.05, 0) is 51.2 Å². The lowest BCUT2D eigenvalue weighted by Crippen LogP contribution is -2.72. The zero-order valence-corrected chi connectivity index (χ0v) is 20.4. The van der Waals surface area contributed by atoms with E-state index in [9.17, 15) is 0 Å². The van der Waals surface area contributed by atoms with Crippen LogP contribution < -0.4 is 10.6 Å². The third kappa shape index (κ3) is 4.21. The van der Waals surface area contributed by atoms with Crippen molar-refractivity contribution in [2.24, 2.45) is 16.3 Å². The number of rotatable bonds is 5. The highest BCUT2D eigenvalue weighted by atomic mass is 127. The first-order valence-corrected chi connectivity index (χ1v) is 11.6. The number of fused-ring (bicyclic) bond motifs is 2. The molecule has 3 unspecified atom stereocenters. The Hall–Kier alpha value is -0.930. The zero-order chi connectivity index (χ0) is 19.7. The fourth-order valence-electron chi connectivity index (χ4n) is 6.04. The molecular weight excluding hydrogens is 489 g/mol. The number of ether oxygens (including phenoxy) is 1. The van der Waals surface area contributed by atoms with Gasteiger partial charge in [-0.3, -0.25) is 14.9 Å². The number of halogens is 1. The second kappa shape index (κ2) is 9.69. The van der Waals surface area contributed by atoms with Gasteiger partial charge >= 0.3 is 0 Å². The molecule has 7 heteroatoms. The zero-order valence-electron chi connectivity index (χ0n) is 18.1. The molecule has 1 aromatic heterocycles. The van der Waals surface area contributed by atoms with Crippen LogP contribution in [0.3, 0.4) is 0 Å². The predicted molar refractivity (Wildman–Crippen MR) is 130 cm³/mol.